The van der Waals surface area contributed by atoms with Crippen molar-refractivity contribution in [2.45, 2.75) is 31.8 Å². The second-order valence-electron chi connectivity index (χ2n) is 3.93. The molecule has 1 aromatic rings. The first-order valence-electron chi connectivity index (χ1n) is 5.21. The average Bonchev–Trinajstić information content (AvgIpc) is 2.18. The van der Waals surface area contributed by atoms with Crippen LogP contribution in [0.3, 0.4) is 0 Å². The fourth-order valence-corrected chi connectivity index (χ4v) is 1.63. The van der Waals surface area contributed by atoms with E-state index in [0.29, 0.717) is 23.7 Å². The Morgan fingerprint density at radius 3 is 2.80 bits per heavy atom. The van der Waals surface area contributed by atoms with Gasteiger partial charge in [0.05, 0.1) is 11.6 Å². The predicted octanol–water partition coefficient (Wildman–Crippen LogP) is 2.34. The van der Waals surface area contributed by atoms with Gasteiger partial charge in [-0.25, -0.2) is 4.39 Å². The summed E-state index contributed by atoms with van der Waals surface area (Å²) in [7, 11) is 0. The number of hydrogen-bond acceptors (Lipinski definition) is 2. The van der Waals surface area contributed by atoms with E-state index in [9.17, 15) is 4.39 Å². The molecular weight excluding hydrogens is 191 g/mol. The smallest absolute Gasteiger partial charge is 0.129 e. The molecule has 2 nitrogen and oxygen atoms in total. The molecule has 1 aliphatic rings. The van der Waals surface area contributed by atoms with Gasteiger partial charge in [0.15, 0.2) is 0 Å². The van der Waals surface area contributed by atoms with Crippen molar-refractivity contribution in [1.82, 2.24) is 5.32 Å². The molecule has 1 aliphatic carbocycles. The molecule has 0 aromatic heterocycles. The molecule has 15 heavy (non-hydrogen) atoms. The van der Waals surface area contributed by atoms with Gasteiger partial charge in [0.25, 0.3) is 0 Å². The van der Waals surface area contributed by atoms with Gasteiger partial charge < -0.3 is 5.32 Å². The van der Waals surface area contributed by atoms with Gasteiger partial charge in [0.1, 0.15) is 5.82 Å². The molecular formula is C12H13FN2. The summed E-state index contributed by atoms with van der Waals surface area (Å²) in [5.41, 5.74) is 1.01. The minimum absolute atomic E-state index is 0.291. The maximum Gasteiger partial charge on any atom is 0.129 e. The quantitative estimate of drug-likeness (QED) is 0.820. The molecule has 0 unspecified atom stereocenters. The van der Waals surface area contributed by atoms with E-state index in [1.807, 2.05) is 6.07 Å². The second kappa shape index (κ2) is 4.41. The largest absolute Gasteiger partial charge is 0.310 e. The van der Waals surface area contributed by atoms with Crippen molar-refractivity contribution in [1.29, 1.82) is 5.26 Å². The highest BCUT2D eigenvalue weighted by Crippen LogP contribution is 2.19. The molecule has 0 aliphatic heterocycles. The van der Waals surface area contributed by atoms with Crippen LogP contribution in [0.1, 0.15) is 30.4 Å². The Balaban J connectivity index is 1.98. The third kappa shape index (κ3) is 2.34. The van der Waals surface area contributed by atoms with Crippen LogP contribution >= 0.6 is 0 Å². The van der Waals surface area contributed by atoms with Crippen molar-refractivity contribution in [2.24, 2.45) is 0 Å². The molecule has 0 spiro atoms. The van der Waals surface area contributed by atoms with Crippen molar-refractivity contribution < 1.29 is 4.39 Å². The summed E-state index contributed by atoms with van der Waals surface area (Å²) in [6.45, 7) is 0.558. The van der Waals surface area contributed by atoms with Crippen LogP contribution < -0.4 is 5.32 Å². The Bertz CT molecular complexity index is 391. The lowest BCUT2D eigenvalue weighted by atomic mass is 9.93. The first kappa shape index (κ1) is 10.1. The molecule has 0 bridgehead atoms. The Morgan fingerprint density at radius 1 is 1.47 bits per heavy atom. The van der Waals surface area contributed by atoms with Crippen LogP contribution in [0.2, 0.25) is 0 Å². The van der Waals surface area contributed by atoms with E-state index in [4.69, 9.17) is 5.26 Å². The van der Waals surface area contributed by atoms with Crippen LogP contribution in [0.15, 0.2) is 18.2 Å². The standard InChI is InChI=1S/C12H13FN2/c13-12-6-9(7-14)4-5-10(12)8-15-11-2-1-3-11/h4-6,11,15H,1-3,8H2. The molecule has 3 heteroatoms. The molecule has 0 amide bonds. The van der Waals surface area contributed by atoms with E-state index in [1.165, 1.54) is 25.3 Å². The molecule has 1 N–H and O–H groups in total. The fraction of sp³-hybridized carbons (Fsp3) is 0.417. The van der Waals surface area contributed by atoms with Crippen molar-refractivity contribution in [3.05, 3.63) is 35.1 Å². The molecule has 0 heterocycles. The summed E-state index contributed by atoms with van der Waals surface area (Å²) >= 11 is 0. The molecule has 1 saturated carbocycles. The highest BCUT2D eigenvalue weighted by molar-refractivity contribution is 5.32. The predicted molar refractivity (Wildman–Crippen MR) is 55.6 cm³/mol. The van der Waals surface area contributed by atoms with E-state index >= 15 is 0 Å². The van der Waals surface area contributed by atoms with Crippen LogP contribution in [-0.2, 0) is 6.54 Å². The third-order valence-electron chi connectivity index (χ3n) is 2.87. The van der Waals surface area contributed by atoms with Gasteiger partial charge in [-0.15, -0.1) is 0 Å². The number of nitrogens with one attached hydrogen (secondary N) is 1. The first-order valence-corrected chi connectivity index (χ1v) is 5.21. The lowest BCUT2D eigenvalue weighted by molar-refractivity contribution is 0.336. The van der Waals surface area contributed by atoms with Gasteiger partial charge in [0, 0.05) is 18.2 Å². The molecule has 0 radical (unpaired) electrons. The van der Waals surface area contributed by atoms with Crippen molar-refractivity contribution >= 4 is 0 Å². The maximum atomic E-state index is 13.4. The number of hydrogen-bond donors (Lipinski definition) is 1. The highest BCUT2D eigenvalue weighted by Gasteiger charge is 2.16. The molecule has 78 valence electrons. The summed E-state index contributed by atoms with van der Waals surface area (Å²) < 4.78 is 13.4. The zero-order valence-electron chi connectivity index (χ0n) is 8.46. The van der Waals surface area contributed by atoms with Gasteiger partial charge in [-0.1, -0.05) is 12.5 Å². The van der Waals surface area contributed by atoms with Crippen LogP contribution in [-0.4, -0.2) is 6.04 Å². The van der Waals surface area contributed by atoms with E-state index in [-0.39, 0.29) is 5.82 Å². The summed E-state index contributed by atoms with van der Waals surface area (Å²) in [4.78, 5) is 0. The van der Waals surface area contributed by atoms with Crippen LogP contribution in [0, 0.1) is 17.1 Å². The van der Waals surface area contributed by atoms with E-state index < -0.39 is 0 Å². The number of nitriles is 1. The summed E-state index contributed by atoms with van der Waals surface area (Å²) in [6, 6.07) is 7.10. The summed E-state index contributed by atoms with van der Waals surface area (Å²) in [6.07, 6.45) is 3.66. The minimum Gasteiger partial charge on any atom is -0.310 e. The van der Waals surface area contributed by atoms with Crippen molar-refractivity contribution in [3.63, 3.8) is 0 Å². The van der Waals surface area contributed by atoms with Gasteiger partial charge in [-0.2, -0.15) is 5.26 Å². The number of benzene rings is 1. The maximum absolute atomic E-state index is 13.4. The van der Waals surface area contributed by atoms with Gasteiger partial charge >= 0.3 is 0 Å². The van der Waals surface area contributed by atoms with Gasteiger partial charge in [0.2, 0.25) is 0 Å². The third-order valence-corrected chi connectivity index (χ3v) is 2.87. The topological polar surface area (TPSA) is 35.8 Å². The zero-order chi connectivity index (χ0) is 10.7. The van der Waals surface area contributed by atoms with Gasteiger partial charge in [-0.3, -0.25) is 0 Å². The monoisotopic (exact) mass is 204 g/mol. The van der Waals surface area contributed by atoms with Gasteiger partial charge in [-0.05, 0) is 25.0 Å². The van der Waals surface area contributed by atoms with E-state index in [0.717, 1.165) is 0 Å². The second-order valence-corrected chi connectivity index (χ2v) is 3.93. The molecule has 1 fully saturated rings. The Morgan fingerprint density at radius 2 is 2.27 bits per heavy atom. The lowest BCUT2D eigenvalue weighted by Gasteiger charge is -2.26. The summed E-state index contributed by atoms with van der Waals surface area (Å²) in [5.74, 6) is -0.291. The minimum atomic E-state index is -0.291. The Hall–Kier alpha value is -1.40. The number of rotatable bonds is 3. The van der Waals surface area contributed by atoms with Crippen LogP contribution in [0.25, 0.3) is 0 Å². The van der Waals surface area contributed by atoms with E-state index in [2.05, 4.69) is 5.32 Å². The van der Waals surface area contributed by atoms with Crippen molar-refractivity contribution in [2.75, 3.05) is 0 Å². The van der Waals surface area contributed by atoms with E-state index in [1.54, 1.807) is 12.1 Å². The molecule has 1 aromatic carbocycles. The SMILES string of the molecule is N#Cc1ccc(CNC2CCC2)c(F)c1. The molecule has 2 rings (SSSR count). The first-order chi connectivity index (χ1) is 7.29. The average molecular weight is 204 g/mol. The van der Waals surface area contributed by atoms with Crippen LogP contribution in [0.4, 0.5) is 4.39 Å². The summed E-state index contributed by atoms with van der Waals surface area (Å²) in [5, 5.41) is 11.9. The van der Waals surface area contributed by atoms with Crippen LogP contribution in [0.5, 0.6) is 0 Å². The Labute approximate surface area is 88.7 Å². The normalized spacial score (nSPS) is 15.7. The number of halogens is 1. The highest BCUT2D eigenvalue weighted by atomic mass is 19.1. The lowest BCUT2D eigenvalue weighted by Crippen LogP contribution is -2.34. The zero-order valence-corrected chi connectivity index (χ0v) is 8.46. The molecule has 0 saturated heterocycles. The number of nitrogens with zero attached hydrogens (tertiary/aromatic N) is 1. The molecule has 0 atom stereocenters. The van der Waals surface area contributed by atoms with Crippen molar-refractivity contribution in [3.8, 4) is 6.07 Å². The fourth-order valence-electron chi connectivity index (χ4n) is 1.63. The Kier molecular flexibility index (Phi) is 2.98.